The summed E-state index contributed by atoms with van der Waals surface area (Å²) in [6, 6.07) is 3.79. The fourth-order valence-corrected chi connectivity index (χ4v) is 5.22. The summed E-state index contributed by atoms with van der Waals surface area (Å²) in [5, 5.41) is 7.56. The number of alkyl carbamates (subject to hydrolysis) is 1. The van der Waals surface area contributed by atoms with Crippen molar-refractivity contribution in [1.82, 2.24) is 25.1 Å². The summed E-state index contributed by atoms with van der Waals surface area (Å²) in [5.74, 6) is 1.43. The molecule has 0 saturated heterocycles. The first kappa shape index (κ1) is 29.6. The molecule has 0 spiro atoms. The van der Waals surface area contributed by atoms with Gasteiger partial charge in [0.2, 0.25) is 17.7 Å². The van der Waals surface area contributed by atoms with E-state index >= 15 is 0 Å². The Hall–Kier alpha value is -3.37. The first-order valence-corrected chi connectivity index (χ1v) is 14.3. The zero-order valence-corrected chi connectivity index (χ0v) is 24.9. The number of nitrogens with zero attached hydrogens (tertiary/aromatic N) is 5. The third-order valence-corrected chi connectivity index (χ3v) is 7.14. The van der Waals surface area contributed by atoms with Crippen LogP contribution in [0.15, 0.2) is 18.3 Å². The molecule has 0 atom stereocenters. The van der Waals surface area contributed by atoms with E-state index in [2.05, 4.69) is 20.4 Å². The Labute approximate surface area is 237 Å². The molecule has 0 aliphatic heterocycles. The summed E-state index contributed by atoms with van der Waals surface area (Å²) in [7, 11) is 1.97. The average molecular weight is 557 g/mol. The maximum Gasteiger partial charge on any atom is 0.438 e. The van der Waals surface area contributed by atoms with Crippen molar-refractivity contribution in [3.63, 3.8) is 0 Å². The van der Waals surface area contributed by atoms with Crippen molar-refractivity contribution in [2.45, 2.75) is 122 Å². The van der Waals surface area contributed by atoms with E-state index < -0.39 is 17.3 Å². The van der Waals surface area contributed by atoms with Crippen LogP contribution in [0.3, 0.4) is 0 Å². The van der Waals surface area contributed by atoms with Crippen molar-refractivity contribution < 1.29 is 23.8 Å². The lowest BCUT2D eigenvalue weighted by Crippen LogP contribution is -2.44. The van der Waals surface area contributed by atoms with Gasteiger partial charge in [-0.1, -0.05) is 12.8 Å². The van der Waals surface area contributed by atoms with E-state index in [1.54, 1.807) is 12.3 Å². The van der Waals surface area contributed by atoms with Crippen LogP contribution < -0.4 is 15.0 Å². The van der Waals surface area contributed by atoms with Gasteiger partial charge < -0.3 is 24.4 Å². The predicted molar refractivity (Wildman–Crippen MR) is 151 cm³/mol. The molecule has 11 heteroatoms. The molecule has 2 aromatic rings. The molecule has 1 amide bonds. The quantitative estimate of drug-likeness (QED) is 0.445. The maximum absolute atomic E-state index is 13.0. The van der Waals surface area contributed by atoms with Crippen molar-refractivity contribution in [2.24, 2.45) is 0 Å². The van der Waals surface area contributed by atoms with Gasteiger partial charge in [-0.15, -0.1) is 4.68 Å². The van der Waals surface area contributed by atoms with Gasteiger partial charge in [-0.25, -0.2) is 14.6 Å². The number of carbonyl (C=O) groups is 2. The second kappa shape index (κ2) is 12.0. The van der Waals surface area contributed by atoms with E-state index in [-0.39, 0.29) is 24.1 Å². The monoisotopic (exact) mass is 556 g/mol. The van der Waals surface area contributed by atoms with Crippen LogP contribution in [0.2, 0.25) is 0 Å². The van der Waals surface area contributed by atoms with Crippen LogP contribution in [-0.4, -0.2) is 62.3 Å². The molecule has 1 N–H and O–H groups in total. The molecule has 2 fully saturated rings. The van der Waals surface area contributed by atoms with Crippen LogP contribution in [0, 0.1) is 0 Å². The normalized spacial score (nSPS) is 20.2. The third kappa shape index (κ3) is 8.08. The third-order valence-electron chi connectivity index (χ3n) is 7.14. The number of aromatic nitrogens is 4. The Balaban J connectivity index is 1.43. The molecule has 0 radical (unpaired) electrons. The first-order chi connectivity index (χ1) is 18.8. The van der Waals surface area contributed by atoms with E-state index in [1.165, 1.54) is 4.68 Å². The average Bonchev–Trinajstić information content (AvgIpc) is 3.52. The Morgan fingerprint density at radius 3 is 2.25 bits per heavy atom. The molecule has 0 aromatic carbocycles. The summed E-state index contributed by atoms with van der Waals surface area (Å²) in [6.07, 6.45) is 8.51. The van der Waals surface area contributed by atoms with E-state index in [0.29, 0.717) is 17.7 Å². The second-order valence-corrected chi connectivity index (χ2v) is 12.8. The smallest absolute Gasteiger partial charge is 0.438 e. The van der Waals surface area contributed by atoms with Gasteiger partial charge in [-0.3, -0.25) is 0 Å². The van der Waals surface area contributed by atoms with E-state index in [9.17, 15) is 9.59 Å². The lowest BCUT2D eigenvalue weighted by Gasteiger charge is -2.35. The van der Waals surface area contributed by atoms with Gasteiger partial charge in [-0.05, 0) is 80.1 Å². The van der Waals surface area contributed by atoms with E-state index in [0.717, 1.165) is 57.1 Å². The number of anilines is 1. The van der Waals surface area contributed by atoms with Crippen LogP contribution >= 0.6 is 0 Å². The molecule has 2 aromatic heterocycles. The second-order valence-electron chi connectivity index (χ2n) is 12.8. The van der Waals surface area contributed by atoms with Gasteiger partial charge in [0, 0.05) is 43.4 Å². The van der Waals surface area contributed by atoms with E-state index in [4.69, 9.17) is 14.2 Å². The summed E-state index contributed by atoms with van der Waals surface area (Å²) in [4.78, 5) is 36.3. The Kier molecular flexibility index (Phi) is 8.90. The number of ether oxygens (including phenoxy) is 3. The summed E-state index contributed by atoms with van der Waals surface area (Å²) in [6.45, 7) is 11.0. The van der Waals surface area contributed by atoms with Gasteiger partial charge in [0.1, 0.15) is 11.2 Å². The van der Waals surface area contributed by atoms with Crippen LogP contribution in [0.5, 0.6) is 11.8 Å². The highest BCUT2D eigenvalue weighted by molar-refractivity contribution is 5.72. The Morgan fingerprint density at radius 2 is 1.62 bits per heavy atom. The lowest BCUT2D eigenvalue weighted by molar-refractivity contribution is 0.0483. The summed E-state index contributed by atoms with van der Waals surface area (Å²) < 4.78 is 18.3. The van der Waals surface area contributed by atoms with Gasteiger partial charge >= 0.3 is 12.2 Å². The van der Waals surface area contributed by atoms with Crippen LogP contribution in [-0.2, 0) is 9.47 Å². The number of amides is 1. The summed E-state index contributed by atoms with van der Waals surface area (Å²) >= 11 is 0. The molecule has 2 aliphatic carbocycles. The van der Waals surface area contributed by atoms with Gasteiger partial charge in [-0.2, -0.15) is 10.1 Å². The van der Waals surface area contributed by atoms with Gasteiger partial charge in [0.05, 0.1) is 5.69 Å². The molecule has 2 aliphatic rings. The van der Waals surface area contributed by atoms with Crippen molar-refractivity contribution in [3.8, 4) is 11.8 Å². The topological polar surface area (TPSA) is 121 Å². The molecule has 2 heterocycles. The highest BCUT2D eigenvalue weighted by Gasteiger charge is 2.29. The number of carbonyl (C=O) groups excluding carboxylic acids is 2. The maximum atomic E-state index is 13.0. The highest BCUT2D eigenvalue weighted by Crippen LogP contribution is 2.36. The standard InChI is InChI=1S/C29H44N6O5/c1-28(2,3)39-26(36)31-20-12-14-21(15-13-20)34(7)25-30-17-16-23(32-25)38-24-18-22(19-10-8-9-11-19)33-35(24)27(37)40-29(4,5)6/h16-21H,8-15H2,1-7H3,(H,31,36). The minimum atomic E-state index is -0.667. The fraction of sp³-hybridized carbons (Fsp3) is 0.690. The van der Waals surface area contributed by atoms with E-state index in [1.807, 2.05) is 59.6 Å². The highest BCUT2D eigenvalue weighted by atomic mass is 16.6. The van der Waals surface area contributed by atoms with Gasteiger partial charge in [0.25, 0.3) is 0 Å². The molecule has 4 rings (SSSR count). The van der Waals surface area contributed by atoms with Crippen molar-refractivity contribution in [2.75, 3.05) is 11.9 Å². The van der Waals surface area contributed by atoms with Gasteiger partial charge in [0.15, 0.2) is 0 Å². The van der Waals surface area contributed by atoms with Crippen LogP contribution in [0.1, 0.15) is 105 Å². The zero-order valence-electron chi connectivity index (χ0n) is 24.9. The Bertz CT molecular complexity index is 1170. The molecule has 0 unspecified atom stereocenters. The number of hydrogen-bond donors (Lipinski definition) is 1. The summed E-state index contributed by atoms with van der Waals surface area (Å²) in [5.41, 5.74) is -0.351. The first-order valence-electron chi connectivity index (χ1n) is 14.3. The largest absolute Gasteiger partial charge is 0.444 e. The molecular formula is C29H44N6O5. The van der Waals surface area contributed by atoms with Crippen molar-refractivity contribution in [3.05, 3.63) is 24.0 Å². The molecule has 0 bridgehead atoms. The molecule has 40 heavy (non-hydrogen) atoms. The predicted octanol–water partition coefficient (Wildman–Crippen LogP) is 6.18. The minimum absolute atomic E-state index is 0.0808. The Morgan fingerprint density at radius 1 is 0.975 bits per heavy atom. The zero-order chi connectivity index (χ0) is 29.1. The van der Waals surface area contributed by atoms with Crippen molar-refractivity contribution in [1.29, 1.82) is 0 Å². The lowest BCUT2D eigenvalue weighted by atomic mass is 9.90. The van der Waals surface area contributed by atoms with Crippen LogP contribution in [0.4, 0.5) is 15.5 Å². The van der Waals surface area contributed by atoms with Crippen LogP contribution in [0.25, 0.3) is 0 Å². The molecular weight excluding hydrogens is 512 g/mol. The van der Waals surface area contributed by atoms with Crippen molar-refractivity contribution >= 4 is 18.1 Å². The molecule has 220 valence electrons. The minimum Gasteiger partial charge on any atom is -0.444 e. The SMILES string of the molecule is CN(c1nccc(Oc2cc(C3CCCC3)nn2C(=O)OC(C)(C)C)n1)C1CCC(NC(=O)OC(C)(C)C)CC1. The number of nitrogens with one attached hydrogen (secondary N) is 1. The molecule has 11 nitrogen and oxygen atoms in total. The fourth-order valence-electron chi connectivity index (χ4n) is 5.22. The molecule has 2 saturated carbocycles. The number of hydrogen-bond acceptors (Lipinski definition) is 9. The number of rotatable bonds is 6.